The van der Waals surface area contributed by atoms with Gasteiger partial charge in [-0.05, 0) is 54.4 Å². The molecule has 0 radical (unpaired) electrons. The fourth-order valence-electron chi connectivity index (χ4n) is 2.75. The molecule has 0 bridgehead atoms. The molecule has 0 saturated heterocycles. The summed E-state index contributed by atoms with van der Waals surface area (Å²) in [6.45, 7) is 2.92. The van der Waals surface area contributed by atoms with Crippen molar-refractivity contribution in [1.82, 2.24) is 0 Å². The van der Waals surface area contributed by atoms with Crippen molar-refractivity contribution >= 4 is 34.9 Å². The Balaban J connectivity index is 1.75. The first kappa shape index (κ1) is 20.1. The Morgan fingerprint density at radius 1 is 1.04 bits per heavy atom. The van der Waals surface area contributed by atoms with Crippen molar-refractivity contribution in [1.29, 1.82) is 0 Å². The van der Waals surface area contributed by atoms with Crippen LogP contribution in [-0.2, 0) is 13.2 Å². The number of ether oxygens (including phenoxy) is 1. The second kappa shape index (κ2) is 9.00. The van der Waals surface area contributed by atoms with Gasteiger partial charge in [0.1, 0.15) is 12.4 Å². The Bertz CT molecular complexity index is 1000. The van der Waals surface area contributed by atoms with Gasteiger partial charge in [-0.3, -0.25) is 0 Å². The van der Waals surface area contributed by atoms with E-state index in [4.69, 9.17) is 27.9 Å². The summed E-state index contributed by atoms with van der Waals surface area (Å²) in [6.07, 6.45) is 0. The number of halogens is 2. The molecule has 0 spiro atoms. The smallest absolute Gasteiger partial charge is 0.337 e. The van der Waals surface area contributed by atoms with Gasteiger partial charge < -0.3 is 15.2 Å². The molecule has 0 aromatic heterocycles. The van der Waals surface area contributed by atoms with E-state index in [9.17, 15) is 9.90 Å². The minimum absolute atomic E-state index is 0.0498. The van der Waals surface area contributed by atoms with Crippen LogP contribution in [0.5, 0.6) is 5.75 Å². The van der Waals surface area contributed by atoms with Gasteiger partial charge in [-0.25, -0.2) is 4.79 Å². The Kier molecular flexibility index (Phi) is 6.45. The van der Waals surface area contributed by atoms with E-state index in [0.717, 1.165) is 11.1 Å². The number of carboxylic acids is 1. The molecular formula is C22H19Cl2NO3. The number of rotatable bonds is 7. The Morgan fingerprint density at radius 2 is 1.82 bits per heavy atom. The van der Waals surface area contributed by atoms with Crippen molar-refractivity contribution in [2.24, 2.45) is 0 Å². The summed E-state index contributed by atoms with van der Waals surface area (Å²) < 4.78 is 6.01. The Labute approximate surface area is 173 Å². The van der Waals surface area contributed by atoms with Crippen LogP contribution >= 0.6 is 23.2 Å². The van der Waals surface area contributed by atoms with Gasteiger partial charge in [0.05, 0.1) is 10.6 Å². The Morgan fingerprint density at radius 3 is 2.57 bits per heavy atom. The van der Waals surface area contributed by atoms with E-state index >= 15 is 0 Å². The van der Waals surface area contributed by atoms with Gasteiger partial charge in [-0.2, -0.15) is 0 Å². The second-order valence-corrected chi connectivity index (χ2v) is 7.16. The summed E-state index contributed by atoms with van der Waals surface area (Å²) in [6, 6.07) is 18.3. The predicted molar refractivity (Wildman–Crippen MR) is 113 cm³/mol. The van der Waals surface area contributed by atoms with Gasteiger partial charge in [-0.15, -0.1) is 0 Å². The third-order valence-electron chi connectivity index (χ3n) is 4.35. The van der Waals surface area contributed by atoms with Crippen molar-refractivity contribution in [3.63, 3.8) is 0 Å². The van der Waals surface area contributed by atoms with E-state index in [-0.39, 0.29) is 10.6 Å². The van der Waals surface area contributed by atoms with Crippen LogP contribution < -0.4 is 10.1 Å². The quantitative estimate of drug-likeness (QED) is 0.482. The number of benzene rings is 3. The molecule has 0 heterocycles. The largest absolute Gasteiger partial charge is 0.489 e. The molecule has 3 aromatic rings. The molecule has 0 aliphatic rings. The van der Waals surface area contributed by atoms with E-state index in [1.807, 2.05) is 43.3 Å². The molecule has 0 fully saturated rings. The van der Waals surface area contributed by atoms with Gasteiger partial charge in [0, 0.05) is 22.8 Å². The minimum atomic E-state index is -1.07. The first-order valence-corrected chi connectivity index (χ1v) is 9.42. The van der Waals surface area contributed by atoms with Crippen LogP contribution in [0.25, 0.3) is 0 Å². The maximum Gasteiger partial charge on any atom is 0.337 e. The molecule has 6 heteroatoms. The van der Waals surface area contributed by atoms with E-state index in [2.05, 4.69) is 5.32 Å². The van der Waals surface area contributed by atoms with Gasteiger partial charge in [0.15, 0.2) is 0 Å². The van der Waals surface area contributed by atoms with Crippen molar-refractivity contribution < 1.29 is 14.6 Å². The van der Waals surface area contributed by atoms with Crippen LogP contribution in [0.3, 0.4) is 0 Å². The van der Waals surface area contributed by atoms with E-state index < -0.39 is 5.97 Å². The number of anilines is 1. The van der Waals surface area contributed by atoms with E-state index in [0.29, 0.717) is 29.6 Å². The van der Waals surface area contributed by atoms with Crippen LogP contribution in [0.15, 0.2) is 60.7 Å². The van der Waals surface area contributed by atoms with Crippen LogP contribution in [0.4, 0.5) is 5.69 Å². The van der Waals surface area contributed by atoms with Crippen LogP contribution in [-0.4, -0.2) is 11.1 Å². The van der Waals surface area contributed by atoms with Crippen molar-refractivity contribution in [2.45, 2.75) is 20.1 Å². The fraction of sp³-hybridized carbons (Fsp3) is 0.136. The molecule has 0 atom stereocenters. The Hall–Kier alpha value is -2.69. The zero-order valence-corrected chi connectivity index (χ0v) is 16.7. The summed E-state index contributed by atoms with van der Waals surface area (Å²) in [4.78, 5) is 11.2. The molecule has 3 rings (SSSR count). The number of nitrogens with one attached hydrogen (secondary N) is 1. The normalized spacial score (nSPS) is 10.5. The molecule has 0 amide bonds. The first-order valence-electron chi connectivity index (χ1n) is 8.66. The average molecular weight is 416 g/mol. The zero-order valence-electron chi connectivity index (χ0n) is 15.2. The first-order chi connectivity index (χ1) is 13.4. The topological polar surface area (TPSA) is 58.6 Å². The molecule has 2 N–H and O–H groups in total. The fourth-order valence-corrected chi connectivity index (χ4v) is 3.14. The minimum Gasteiger partial charge on any atom is -0.489 e. The summed E-state index contributed by atoms with van der Waals surface area (Å²) in [7, 11) is 0. The molecule has 0 aliphatic carbocycles. The highest BCUT2D eigenvalue weighted by atomic mass is 35.5. The summed E-state index contributed by atoms with van der Waals surface area (Å²) in [5.41, 5.74) is 3.84. The lowest BCUT2D eigenvalue weighted by atomic mass is 10.1. The molecule has 28 heavy (non-hydrogen) atoms. The third kappa shape index (κ3) is 4.97. The standard InChI is InChI=1S/C22H19Cl2NO3/c1-14-4-2-3-5-15(14)13-28-21-9-6-17(23)10-16(21)12-25-18-7-8-20(24)19(11-18)22(26)27/h2-11,25H,12-13H2,1H3,(H,26,27). The van der Waals surface area contributed by atoms with Crippen molar-refractivity contribution in [3.05, 3.63) is 93.0 Å². The molecule has 0 aliphatic heterocycles. The van der Waals surface area contributed by atoms with E-state index in [1.54, 1.807) is 18.2 Å². The second-order valence-electron chi connectivity index (χ2n) is 6.32. The summed E-state index contributed by atoms with van der Waals surface area (Å²) in [5, 5.41) is 13.2. The lowest BCUT2D eigenvalue weighted by molar-refractivity contribution is 0.0697. The number of carbonyl (C=O) groups is 1. The average Bonchev–Trinajstić information content (AvgIpc) is 2.67. The maximum atomic E-state index is 11.2. The lowest BCUT2D eigenvalue weighted by Gasteiger charge is -2.15. The van der Waals surface area contributed by atoms with Gasteiger partial charge in [-0.1, -0.05) is 47.5 Å². The zero-order chi connectivity index (χ0) is 20.1. The predicted octanol–water partition coefficient (Wildman–Crippen LogP) is 6.19. The molecule has 144 valence electrons. The van der Waals surface area contributed by atoms with E-state index in [1.165, 1.54) is 11.6 Å². The highest BCUT2D eigenvalue weighted by molar-refractivity contribution is 6.33. The maximum absolute atomic E-state index is 11.2. The highest BCUT2D eigenvalue weighted by Crippen LogP contribution is 2.26. The van der Waals surface area contributed by atoms with Gasteiger partial charge >= 0.3 is 5.97 Å². The third-order valence-corrected chi connectivity index (χ3v) is 4.91. The summed E-state index contributed by atoms with van der Waals surface area (Å²) >= 11 is 12.1. The van der Waals surface area contributed by atoms with Gasteiger partial charge in [0.25, 0.3) is 0 Å². The molecule has 3 aromatic carbocycles. The molecule has 0 saturated carbocycles. The molecular weight excluding hydrogens is 397 g/mol. The molecule has 0 unspecified atom stereocenters. The number of hydrogen-bond acceptors (Lipinski definition) is 3. The lowest BCUT2D eigenvalue weighted by Crippen LogP contribution is -2.05. The van der Waals surface area contributed by atoms with Crippen molar-refractivity contribution in [2.75, 3.05) is 5.32 Å². The van der Waals surface area contributed by atoms with Crippen LogP contribution in [0.1, 0.15) is 27.0 Å². The van der Waals surface area contributed by atoms with Crippen LogP contribution in [0.2, 0.25) is 10.0 Å². The summed E-state index contributed by atoms with van der Waals surface area (Å²) in [5.74, 6) is -0.355. The van der Waals surface area contributed by atoms with Crippen molar-refractivity contribution in [3.8, 4) is 5.75 Å². The van der Waals surface area contributed by atoms with Crippen LogP contribution in [0, 0.1) is 6.92 Å². The number of carboxylic acid groups (broad SMARTS) is 1. The van der Waals surface area contributed by atoms with Gasteiger partial charge in [0.2, 0.25) is 0 Å². The monoisotopic (exact) mass is 415 g/mol. The number of hydrogen-bond donors (Lipinski definition) is 2. The number of aryl methyl sites for hydroxylation is 1. The molecule has 4 nitrogen and oxygen atoms in total. The highest BCUT2D eigenvalue weighted by Gasteiger charge is 2.11. The SMILES string of the molecule is Cc1ccccc1COc1ccc(Cl)cc1CNc1ccc(Cl)c(C(=O)O)c1. The number of aromatic carboxylic acids is 1.